The molecule has 1 N–H and O–H groups in total. The van der Waals surface area contributed by atoms with E-state index in [1.807, 2.05) is 84.9 Å². The minimum atomic E-state index is -0.240. The Balaban J connectivity index is 1.22. The first-order valence-corrected chi connectivity index (χ1v) is 14.1. The quantitative estimate of drug-likeness (QED) is 0.158. The van der Waals surface area contributed by atoms with Gasteiger partial charge in [0.15, 0.2) is 5.16 Å². The van der Waals surface area contributed by atoms with Crippen molar-refractivity contribution in [2.75, 3.05) is 41.7 Å². The molecule has 4 aromatic rings. The van der Waals surface area contributed by atoms with E-state index in [1.54, 1.807) is 6.07 Å². The molecule has 194 valence electrons. The summed E-state index contributed by atoms with van der Waals surface area (Å²) in [5, 5.41) is 4.75. The van der Waals surface area contributed by atoms with Crippen LogP contribution in [0.25, 0.3) is 0 Å². The molecule has 1 saturated heterocycles. The number of benzene rings is 3. The van der Waals surface area contributed by atoms with Gasteiger partial charge in [-0.1, -0.05) is 108 Å². The summed E-state index contributed by atoms with van der Waals surface area (Å²) in [6, 6.07) is 29.3. The maximum absolute atomic E-state index is 13.0. The highest BCUT2D eigenvalue weighted by atomic mass is 35.5. The molecule has 0 saturated carbocycles. The smallest absolute Gasteiger partial charge is 0.231 e. The molecule has 0 unspecified atom stereocenters. The molecular weight excluding hydrogens is 537 g/mol. The maximum atomic E-state index is 13.0. The van der Waals surface area contributed by atoms with Crippen molar-refractivity contribution in [3.05, 3.63) is 112 Å². The van der Waals surface area contributed by atoms with E-state index < -0.39 is 0 Å². The molecule has 1 fully saturated rings. The third-order valence-corrected chi connectivity index (χ3v) is 7.72. The highest BCUT2D eigenvalue weighted by molar-refractivity contribution is 7.99. The zero-order valence-corrected chi connectivity index (χ0v) is 23.0. The Morgan fingerprint density at radius 2 is 1.39 bits per heavy atom. The zero-order valence-electron chi connectivity index (χ0n) is 20.6. The predicted molar refractivity (Wildman–Crippen MR) is 157 cm³/mol. The average Bonchev–Trinajstić information content (AvgIpc) is 2.96. The molecule has 0 spiro atoms. The van der Waals surface area contributed by atoms with Crippen molar-refractivity contribution in [2.24, 2.45) is 0 Å². The largest absolute Gasteiger partial charge is 0.367 e. The van der Waals surface area contributed by atoms with E-state index in [9.17, 15) is 4.79 Å². The lowest BCUT2D eigenvalue weighted by Crippen LogP contribution is -2.47. The Morgan fingerprint density at radius 3 is 2.03 bits per heavy atom. The minimum Gasteiger partial charge on any atom is -0.367 e. The number of piperazine rings is 1. The molecule has 6 nitrogen and oxygen atoms in total. The second-order valence-corrected chi connectivity index (χ2v) is 10.6. The fraction of sp³-hybridized carbons (Fsp3) is 0.207. The molecule has 1 amide bonds. The number of nitrogens with zero attached hydrogens (tertiary/aromatic N) is 4. The van der Waals surface area contributed by atoms with E-state index in [-0.39, 0.29) is 17.7 Å². The Kier molecular flexibility index (Phi) is 8.68. The van der Waals surface area contributed by atoms with Crippen molar-refractivity contribution in [1.82, 2.24) is 15.3 Å². The van der Waals surface area contributed by atoms with Crippen molar-refractivity contribution in [2.45, 2.75) is 11.2 Å². The maximum Gasteiger partial charge on any atom is 0.231 e. The summed E-state index contributed by atoms with van der Waals surface area (Å²) in [6.45, 7) is 3.19. The summed E-state index contributed by atoms with van der Waals surface area (Å²) in [5.74, 6) is 0.834. The van der Waals surface area contributed by atoms with Gasteiger partial charge in [0.25, 0.3) is 0 Å². The van der Waals surface area contributed by atoms with Gasteiger partial charge < -0.3 is 15.1 Å². The van der Waals surface area contributed by atoms with Crippen molar-refractivity contribution >= 4 is 52.4 Å². The first-order valence-electron chi connectivity index (χ1n) is 12.4. The van der Waals surface area contributed by atoms with Gasteiger partial charge in [0, 0.05) is 32.2 Å². The molecule has 9 heteroatoms. The van der Waals surface area contributed by atoms with Crippen LogP contribution in [0.5, 0.6) is 0 Å². The highest BCUT2D eigenvalue weighted by Gasteiger charge is 2.22. The SMILES string of the molecule is O=C(CSc1nc(Cl)cc(N2CCN(c3ccccc3Cl)CC2)n1)NC(c1ccccc1)c1ccccc1. The van der Waals surface area contributed by atoms with Crippen LogP contribution >= 0.6 is 35.0 Å². The summed E-state index contributed by atoms with van der Waals surface area (Å²) in [6.07, 6.45) is 0. The Bertz CT molecular complexity index is 1330. The molecule has 0 atom stereocenters. The summed E-state index contributed by atoms with van der Waals surface area (Å²) < 4.78 is 0. The Labute approximate surface area is 237 Å². The molecule has 1 aliphatic rings. The van der Waals surface area contributed by atoms with E-state index in [0.29, 0.717) is 10.3 Å². The molecule has 3 aromatic carbocycles. The van der Waals surface area contributed by atoms with Gasteiger partial charge in [-0.15, -0.1) is 0 Å². The summed E-state index contributed by atoms with van der Waals surface area (Å²) in [7, 11) is 0. The van der Waals surface area contributed by atoms with Gasteiger partial charge in [-0.2, -0.15) is 0 Å². The Hall–Kier alpha value is -3.26. The second-order valence-electron chi connectivity index (χ2n) is 8.87. The van der Waals surface area contributed by atoms with Crippen LogP contribution in [0.15, 0.2) is 96.2 Å². The van der Waals surface area contributed by atoms with Crippen LogP contribution in [-0.4, -0.2) is 47.8 Å². The van der Waals surface area contributed by atoms with Crippen LogP contribution in [0.1, 0.15) is 17.2 Å². The van der Waals surface area contributed by atoms with E-state index in [2.05, 4.69) is 20.1 Å². The zero-order chi connectivity index (χ0) is 26.3. The van der Waals surface area contributed by atoms with Gasteiger partial charge in [-0.05, 0) is 23.3 Å². The summed E-state index contributed by atoms with van der Waals surface area (Å²) in [4.78, 5) is 26.5. The lowest BCUT2D eigenvalue weighted by Gasteiger charge is -2.37. The van der Waals surface area contributed by atoms with E-state index in [0.717, 1.165) is 53.8 Å². The van der Waals surface area contributed by atoms with Crippen LogP contribution < -0.4 is 15.1 Å². The third kappa shape index (κ3) is 6.59. The first-order chi connectivity index (χ1) is 18.6. The second kappa shape index (κ2) is 12.5. The van der Waals surface area contributed by atoms with E-state index >= 15 is 0 Å². The number of hydrogen-bond donors (Lipinski definition) is 1. The molecule has 0 bridgehead atoms. The van der Waals surface area contributed by atoms with Gasteiger partial charge in [0.1, 0.15) is 11.0 Å². The molecular formula is C29H27Cl2N5OS. The normalized spacial score (nSPS) is 13.6. The number of nitrogens with one attached hydrogen (secondary N) is 1. The average molecular weight is 565 g/mol. The standard InChI is InChI=1S/C29H27Cl2N5OS/c30-23-13-7-8-14-24(23)35-15-17-36(18-16-35)26-19-25(31)32-29(33-26)38-20-27(37)34-28(21-9-3-1-4-10-21)22-11-5-2-6-12-22/h1-14,19,28H,15-18,20H2,(H,34,37). The monoisotopic (exact) mass is 563 g/mol. The fourth-order valence-corrected chi connectivity index (χ4v) is 5.63. The molecule has 0 radical (unpaired) electrons. The molecule has 2 heterocycles. The van der Waals surface area contributed by atoms with Crippen LogP contribution in [0, 0.1) is 0 Å². The van der Waals surface area contributed by atoms with Crippen LogP contribution in [-0.2, 0) is 4.79 Å². The number of carbonyl (C=O) groups excluding carboxylic acids is 1. The lowest BCUT2D eigenvalue weighted by atomic mass is 9.99. The van der Waals surface area contributed by atoms with Crippen LogP contribution in [0.4, 0.5) is 11.5 Å². The summed E-state index contributed by atoms with van der Waals surface area (Å²) in [5.41, 5.74) is 3.09. The number of hydrogen-bond acceptors (Lipinski definition) is 6. The number of anilines is 2. The molecule has 1 aliphatic heterocycles. The van der Waals surface area contributed by atoms with Gasteiger partial charge in [-0.3, -0.25) is 4.79 Å². The van der Waals surface area contributed by atoms with Gasteiger partial charge in [-0.25, -0.2) is 9.97 Å². The third-order valence-electron chi connectivity index (χ3n) is 6.36. The molecule has 0 aliphatic carbocycles. The van der Waals surface area contributed by atoms with Gasteiger partial charge in [0.05, 0.1) is 22.5 Å². The van der Waals surface area contributed by atoms with Gasteiger partial charge >= 0.3 is 0 Å². The number of rotatable bonds is 8. The van der Waals surface area contributed by atoms with Crippen LogP contribution in [0.2, 0.25) is 10.2 Å². The molecule has 5 rings (SSSR count). The predicted octanol–water partition coefficient (Wildman–Crippen LogP) is 6.11. The first kappa shape index (κ1) is 26.4. The number of halogens is 2. The van der Waals surface area contributed by atoms with Crippen molar-refractivity contribution in [3.63, 3.8) is 0 Å². The lowest BCUT2D eigenvalue weighted by molar-refractivity contribution is -0.119. The topological polar surface area (TPSA) is 61.4 Å². The number of para-hydroxylation sites is 1. The van der Waals surface area contributed by atoms with E-state index in [1.165, 1.54) is 11.8 Å². The number of thioether (sulfide) groups is 1. The Morgan fingerprint density at radius 1 is 0.816 bits per heavy atom. The van der Waals surface area contributed by atoms with Crippen molar-refractivity contribution in [1.29, 1.82) is 0 Å². The number of amides is 1. The highest BCUT2D eigenvalue weighted by Crippen LogP contribution is 2.28. The minimum absolute atomic E-state index is 0.105. The molecule has 1 aromatic heterocycles. The van der Waals surface area contributed by atoms with Crippen molar-refractivity contribution in [3.8, 4) is 0 Å². The summed E-state index contributed by atoms with van der Waals surface area (Å²) >= 11 is 14.0. The van der Waals surface area contributed by atoms with Crippen molar-refractivity contribution < 1.29 is 4.79 Å². The molecule has 38 heavy (non-hydrogen) atoms. The number of carbonyl (C=O) groups is 1. The fourth-order valence-electron chi connectivity index (χ4n) is 4.48. The van der Waals surface area contributed by atoms with Gasteiger partial charge in [0.2, 0.25) is 5.91 Å². The van der Waals surface area contributed by atoms with Crippen LogP contribution in [0.3, 0.4) is 0 Å². The number of aromatic nitrogens is 2. The van der Waals surface area contributed by atoms with E-state index in [4.69, 9.17) is 28.2 Å².